The first kappa shape index (κ1) is 20.8. The SMILES string of the molecule is O=C(NCCc1c[nH]c2cc(F)ccc12)Nc1cccc(CS(=O)c2ccccc2)c1. The normalized spacial score (nSPS) is 11.9. The molecule has 31 heavy (non-hydrogen) atoms. The number of nitrogens with one attached hydrogen (secondary N) is 3. The molecule has 0 spiro atoms. The van der Waals surface area contributed by atoms with E-state index in [9.17, 15) is 13.4 Å². The number of aromatic nitrogens is 1. The Morgan fingerprint density at radius 3 is 2.68 bits per heavy atom. The first-order valence-corrected chi connectivity index (χ1v) is 11.2. The van der Waals surface area contributed by atoms with Crippen LogP contribution in [0.3, 0.4) is 0 Å². The lowest BCUT2D eigenvalue weighted by Gasteiger charge is -2.09. The Hall–Kier alpha value is -3.45. The highest BCUT2D eigenvalue weighted by atomic mass is 32.2. The van der Waals surface area contributed by atoms with E-state index in [4.69, 9.17) is 0 Å². The largest absolute Gasteiger partial charge is 0.361 e. The summed E-state index contributed by atoms with van der Waals surface area (Å²) in [5.74, 6) is 0.0933. The van der Waals surface area contributed by atoms with Crippen LogP contribution in [0.5, 0.6) is 0 Å². The summed E-state index contributed by atoms with van der Waals surface area (Å²) in [6.07, 6.45) is 2.45. The van der Waals surface area contributed by atoms with Gasteiger partial charge in [-0.25, -0.2) is 9.18 Å². The first-order chi connectivity index (χ1) is 15.1. The molecule has 4 rings (SSSR count). The third-order valence-corrected chi connectivity index (χ3v) is 6.29. The Labute approximate surface area is 182 Å². The summed E-state index contributed by atoms with van der Waals surface area (Å²) >= 11 is 0. The van der Waals surface area contributed by atoms with Gasteiger partial charge in [0.25, 0.3) is 0 Å². The molecule has 3 N–H and O–H groups in total. The molecule has 0 radical (unpaired) electrons. The van der Waals surface area contributed by atoms with Crippen molar-refractivity contribution in [2.75, 3.05) is 11.9 Å². The van der Waals surface area contributed by atoms with E-state index in [1.807, 2.05) is 54.7 Å². The molecule has 0 aliphatic heterocycles. The summed E-state index contributed by atoms with van der Waals surface area (Å²) in [6.45, 7) is 0.438. The Morgan fingerprint density at radius 1 is 1.00 bits per heavy atom. The standard InChI is InChI=1S/C24H22FN3O2S/c25-19-9-10-22-18(15-27-23(22)14-19)11-12-26-24(29)28-20-6-4-5-17(13-20)16-31(30)21-7-2-1-3-8-21/h1-10,13-15,27H,11-12,16H2,(H2,26,28,29). The molecule has 158 valence electrons. The number of hydrogen-bond donors (Lipinski definition) is 3. The van der Waals surface area contributed by atoms with Crippen LogP contribution in [-0.2, 0) is 23.0 Å². The minimum absolute atomic E-state index is 0.284. The molecular formula is C24H22FN3O2S. The molecule has 7 heteroatoms. The lowest BCUT2D eigenvalue weighted by Crippen LogP contribution is -2.30. The van der Waals surface area contributed by atoms with Crippen molar-refractivity contribution in [2.24, 2.45) is 0 Å². The van der Waals surface area contributed by atoms with Gasteiger partial charge in [-0.05, 0) is 60.0 Å². The third-order valence-electron chi connectivity index (χ3n) is 4.90. The number of anilines is 1. The Morgan fingerprint density at radius 2 is 1.84 bits per heavy atom. The van der Waals surface area contributed by atoms with Crippen LogP contribution >= 0.6 is 0 Å². The number of carbonyl (C=O) groups is 1. The predicted octanol–water partition coefficient (Wildman–Crippen LogP) is 4.98. The molecule has 1 heterocycles. The molecule has 1 atom stereocenters. The number of amides is 2. The van der Waals surface area contributed by atoms with Crippen LogP contribution in [0.2, 0.25) is 0 Å². The van der Waals surface area contributed by atoms with Gasteiger partial charge < -0.3 is 15.6 Å². The molecule has 4 aromatic rings. The molecule has 0 bridgehead atoms. The second kappa shape index (κ2) is 9.57. The zero-order valence-electron chi connectivity index (χ0n) is 16.7. The van der Waals surface area contributed by atoms with Gasteiger partial charge in [0.15, 0.2) is 0 Å². The number of H-pyrrole nitrogens is 1. The lowest BCUT2D eigenvalue weighted by molar-refractivity contribution is 0.252. The van der Waals surface area contributed by atoms with Crippen LogP contribution < -0.4 is 10.6 Å². The number of halogens is 1. The van der Waals surface area contributed by atoms with Crippen molar-refractivity contribution < 1.29 is 13.4 Å². The van der Waals surface area contributed by atoms with Crippen LogP contribution in [-0.4, -0.2) is 21.8 Å². The molecule has 0 fully saturated rings. The first-order valence-electron chi connectivity index (χ1n) is 9.91. The van der Waals surface area contributed by atoms with Gasteiger partial charge in [-0.3, -0.25) is 4.21 Å². The van der Waals surface area contributed by atoms with Gasteiger partial charge in [0.2, 0.25) is 0 Å². The van der Waals surface area contributed by atoms with E-state index >= 15 is 0 Å². The Balaban J connectivity index is 1.30. The van der Waals surface area contributed by atoms with Crippen molar-refractivity contribution in [2.45, 2.75) is 17.1 Å². The quantitative estimate of drug-likeness (QED) is 0.383. The van der Waals surface area contributed by atoms with E-state index in [0.29, 0.717) is 24.4 Å². The monoisotopic (exact) mass is 435 g/mol. The second-order valence-electron chi connectivity index (χ2n) is 7.14. The number of rotatable bonds is 7. The molecule has 5 nitrogen and oxygen atoms in total. The number of urea groups is 1. The molecule has 0 aliphatic carbocycles. The van der Waals surface area contributed by atoms with Gasteiger partial charge in [-0.1, -0.05) is 30.3 Å². The van der Waals surface area contributed by atoms with E-state index in [1.54, 1.807) is 12.1 Å². The summed E-state index contributed by atoms with van der Waals surface area (Å²) < 4.78 is 25.8. The summed E-state index contributed by atoms with van der Waals surface area (Å²) in [4.78, 5) is 16.1. The number of benzene rings is 3. The number of aromatic amines is 1. The zero-order valence-corrected chi connectivity index (χ0v) is 17.5. The van der Waals surface area contributed by atoms with Gasteiger partial charge in [-0.15, -0.1) is 0 Å². The molecule has 1 aromatic heterocycles. The van der Waals surface area contributed by atoms with E-state index in [-0.39, 0.29) is 11.8 Å². The van der Waals surface area contributed by atoms with Crippen LogP contribution in [0.4, 0.5) is 14.9 Å². The van der Waals surface area contributed by atoms with Gasteiger partial charge in [0.1, 0.15) is 5.82 Å². The van der Waals surface area contributed by atoms with Crippen molar-refractivity contribution in [1.29, 1.82) is 0 Å². The second-order valence-corrected chi connectivity index (χ2v) is 8.59. The molecule has 0 saturated carbocycles. The number of hydrogen-bond acceptors (Lipinski definition) is 2. The highest BCUT2D eigenvalue weighted by molar-refractivity contribution is 7.84. The van der Waals surface area contributed by atoms with E-state index in [2.05, 4.69) is 15.6 Å². The third kappa shape index (κ3) is 5.38. The maximum atomic E-state index is 13.3. The molecule has 3 aromatic carbocycles. The fraction of sp³-hybridized carbons (Fsp3) is 0.125. The summed E-state index contributed by atoms with van der Waals surface area (Å²) in [5, 5.41) is 6.59. The van der Waals surface area contributed by atoms with Crippen molar-refractivity contribution in [1.82, 2.24) is 10.3 Å². The number of carbonyl (C=O) groups excluding carboxylic acids is 1. The summed E-state index contributed by atoms with van der Waals surface area (Å²) in [5.41, 5.74) is 3.28. The topological polar surface area (TPSA) is 74.0 Å². The molecule has 2 amide bonds. The smallest absolute Gasteiger partial charge is 0.319 e. The zero-order chi connectivity index (χ0) is 21.6. The Bertz CT molecular complexity index is 1220. The van der Waals surface area contributed by atoms with Crippen molar-refractivity contribution in [3.63, 3.8) is 0 Å². The molecule has 0 saturated heterocycles. The maximum Gasteiger partial charge on any atom is 0.319 e. The minimum Gasteiger partial charge on any atom is -0.361 e. The summed E-state index contributed by atoms with van der Waals surface area (Å²) in [7, 11) is -1.15. The highest BCUT2D eigenvalue weighted by Crippen LogP contribution is 2.19. The molecular weight excluding hydrogens is 413 g/mol. The van der Waals surface area contributed by atoms with Crippen LogP contribution in [0, 0.1) is 5.82 Å². The van der Waals surface area contributed by atoms with Crippen molar-refractivity contribution in [3.8, 4) is 0 Å². The number of fused-ring (bicyclic) bond motifs is 1. The molecule has 0 aliphatic rings. The van der Waals surface area contributed by atoms with Crippen LogP contribution in [0.25, 0.3) is 10.9 Å². The van der Waals surface area contributed by atoms with Gasteiger partial charge in [0, 0.05) is 34.2 Å². The van der Waals surface area contributed by atoms with E-state index < -0.39 is 10.8 Å². The average molecular weight is 436 g/mol. The van der Waals surface area contributed by atoms with Crippen molar-refractivity contribution in [3.05, 3.63) is 95.9 Å². The Kier molecular flexibility index (Phi) is 6.43. The van der Waals surface area contributed by atoms with Crippen LogP contribution in [0.1, 0.15) is 11.1 Å². The van der Waals surface area contributed by atoms with Crippen LogP contribution in [0.15, 0.2) is 83.9 Å². The van der Waals surface area contributed by atoms with Gasteiger partial charge >= 0.3 is 6.03 Å². The lowest BCUT2D eigenvalue weighted by atomic mass is 10.1. The predicted molar refractivity (Wildman–Crippen MR) is 122 cm³/mol. The highest BCUT2D eigenvalue weighted by Gasteiger charge is 2.08. The van der Waals surface area contributed by atoms with Gasteiger partial charge in [-0.2, -0.15) is 0 Å². The van der Waals surface area contributed by atoms with E-state index in [0.717, 1.165) is 26.9 Å². The fourth-order valence-corrected chi connectivity index (χ4v) is 4.51. The average Bonchev–Trinajstić information content (AvgIpc) is 3.16. The minimum atomic E-state index is -1.15. The van der Waals surface area contributed by atoms with E-state index in [1.165, 1.54) is 12.1 Å². The fourth-order valence-electron chi connectivity index (χ4n) is 3.40. The maximum absolute atomic E-state index is 13.3. The summed E-state index contributed by atoms with van der Waals surface area (Å²) in [6, 6.07) is 21.0. The van der Waals surface area contributed by atoms with Gasteiger partial charge in [0.05, 0.1) is 16.6 Å². The molecule has 1 unspecified atom stereocenters. The van der Waals surface area contributed by atoms with Crippen molar-refractivity contribution >= 4 is 33.4 Å².